The van der Waals surface area contributed by atoms with Gasteiger partial charge in [-0.3, -0.25) is 0 Å². The minimum Gasteiger partial charge on any atom is -0.412 e. The van der Waals surface area contributed by atoms with Crippen LogP contribution in [0, 0.1) is 5.92 Å². The lowest BCUT2D eigenvalue weighted by atomic mass is 9.92. The van der Waals surface area contributed by atoms with Crippen molar-refractivity contribution in [1.82, 2.24) is 0 Å². The van der Waals surface area contributed by atoms with Gasteiger partial charge in [0, 0.05) is 5.92 Å². The molecule has 2 N–H and O–H groups in total. The molecule has 0 rings (SSSR count). The van der Waals surface area contributed by atoms with Gasteiger partial charge in [-0.15, -0.1) is 13.2 Å². The highest BCUT2D eigenvalue weighted by atomic mass is 28.4. The molecule has 0 aliphatic rings. The molecule has 0 spiro atoms. The largest absolute Gasteiger partial charge is 0.412 e. The SMILES string of the molecule is C=CC[C@@H](O)[C@H](CO)[C@H](CC=C)O[Si](C(C)C)(C(C)C)C(C)C. The summed E-state index contributed by atoms with van der Waals surface area (Å²) in [6.45, 7) is 20.9. The van der Waals surface area contributed by atoms with E-state index in [4.69, 9.17) is 4.43 Å². The molecule has 0 aromatic rings. The third kappa shape index (κ3) is 5.56. The summed E-state index contributed by atoms with van der Waals surface area (Å²) in [6, 6.07) is 0. The van der Waals surface area contributed by atoms with Gasteiger partial charge in [0.2, 0.25) is 8.32 Å². The van der Waals surface area contributed by atoms with Gasteiger partial charge in [-0.2, -0.15) is 0 Å². The molecule has 0 unspecified atom stereocenters. The average Bonchev–Trinajstić information content (AvgIpc) is 2.44. The van der Waals surface area contributed by atoms with Crippen LogP contribution in [0.2, 0.25) is 16.6 Å². The molecular weight excluding hydrogens is 304 g/mol. The Labute approximate surface area is 144 Å². The Hall–Kier alpha value is -0.423. The van der Waals surface area contributed by atoms with Gasteiger partial charge in [0.1, 0.15) is 0 Å². The van der Waals surface area contributed by atoms with Gasteiger partial charge < -0.3 is 14.6 Å². The number of aliphatic hydroxyl groups is 2. The van der Waals surface area contributed by atoms with Crippen molar-refractivity contribution in [2.45, 2.75) is 83.2 Å². The van der Waals surface area contributed by atoms with Crippen LogP contribution in [0.5, 0.6) is 0 Å². The van der Waals surface area contributed by atoms with Crippen LogP contribution in [0.3, 0.4) is 0 Å². The van der Waals surface area contributed by atoms with Crippen molar-refractivity contribution in [2.24, 2.45) is 5.92 Å². The Kier molecular flexibility index (Phi) is 10.3. The van der Waals surface area contributed by atoms with Gasteiger partial charge >= 0.3 is 0 Å². The molecule has 0 fully saturated rings. The van der Waals surface area contributed by atoms with Crippen molar-refractivity contribution in [3.05, 3.63) is 25.3 Å². The molecule has 0 bridgehead atoms. The molecule has 0 aliphatic carbocycles. The molecule has 3 atom stereocenters. The second-order valence-corrected chi connectivity index (χ2v) is 12.8. The Bertz CT molecular complexity index is 331. The van der Waals surface area contributed by atoms with Crippen LogP contribution in [0.15, 0.2) is 25.3 Å². The highest BCUT2D eigenvalue weighted by molar-refractivity contribution is 6.77. The average molecular weight is 343 g/mol. The van der Waals surface area contributed by atoms with Crippen LogP contribution in [0.1, 0.15) is 54.4 Å². The van der Waals surface area contributed by atoms with E-state index in [2.05, 4.69) is 54.7 Å². The van der Waals surface area contributed by atoms with Gasteiger partial charge in [0.15, 0.2) is 0 Å². The van der Waals surface area contributed by atoms with Crippen molar-refractivity contribution in [3.8, 4) is 0 Å². The van der Waals surface area contributed by atoms with Crippen molar-refractivity contribution in [3.63, 3.8) is 0 Å². The summed E-state index contributed by atoms with van der Waals surface area (Å²) in [5.41, 5.74) is 1.39. The van der Waals surface area contributed by atoms with E-state index < -0.39 is 14.4 Å². The first-order valence-corrected chi connectivity index (χ1v) is 11.0. The van der Waals surface area contributed by atoms with Gasteiger partial charge in [-0.05, 0) is 29.5 Å². The Balaban J connectivity index is 5.65. The van der Waals surface area contributed by atoms with Gasteiger partial charge in [-0.1, -0.05) is 53.7 Å². The number of aliphatic hydroxyl groups excluding tert-OH is 2. The lowest BCUT2D eigenvalue weighted by Crippen LogP contribution is -2.53. The molecule has 0 aromatic heterocycles. The maximum absolute atomic E-state index is 10.4. The van der Waals surface area contributed by atoms with Crippen molar-refractivity contribution >= 4 is 8.32 Å². The Morgan fingerprint density at radius 2 is 1.35 bits per heavy atom. The zero-order valence-corrected chi connectivity index (χ0v) is 17.0. The fraction of sp³-hybridized carbons (Fsp3) is 0.789. The predicted octanol–water partition coefficient (Wildman–Crippen LogP) is 4.67. The van der Waals surface area contributed by atoms with E-state index in [1.54, 1.807) is 6.08 Å². The highest BCUT2D eigenvalue weighted by Crippen LogP contribution is 2.44. The van der Waals surface area contributed by atoms with Crippen LogP contribution >= 0.6 is 0 Å². The van der Waals surface area contributed by atoms with Crippen LogP contribution in [-0.4, -0.2) is 37.3 Å². The van der Waals surface area contributed by atoms with Gasteiger partial charge in [0.25, 0.3) is 0 Å². The molecular formula is C19H38O3Si. The third-order valence-corrected chi connectivity index (χ3v) is 11.2. The van der Waals surface area contributed by atoms with E-state index in [-0.39, 0.29) is 18.6 Å². The smallest absolute Gasteiger partial charge is 0.200 e. The molecule has 4 heteroatoms. The Morgan fingerprint density at radius 1 is 0.913 bits per heavy atom. The maximum atomic E-state index is 10.4. The highest BCUT2D eigenvalue weighted by Gasteiger charge is 2.47. The maximum Gasteiger partial charge on any atom is 0.200 e. The first-order valence-electron chi connectivity index (χ1n) is 8.87. The molecule has 3 nitrogen and oxygen atoms in total. The Morgan fingerprint density at radius 3 is 1.65 bits per heavy atom. The normalized spacial score (nSPS) is 16.7. The summed E-state index contributed by atoms with van der Waals surface area (Å²) in [5, 5.41) is 20.2. The van der Waals surface area contributed by atoms with E-state index in [0.29, 0.717) is 29.5 Å². The molecule has 0 aromatic carbocycles. The first kappa shape index (κ1) is 22.6. The lowest BCUT2D eigenvalue weighted by Gasteiger charge is -2.46. The van der Waals surface area contributed by atoms with E-state index in [1.165, 1.54) is 0 Å². The molecule has 0 saturated heterocycles. The molecule has 0 heterocycles. The van der Waals surface area contributed by atoms with E-state index >= 15 is 0 Å². The zero-order valence-electron chi connectivity index (χ0n) is 16.0. The zero-order chi connectivity index (χ0) is 18.2. The quantitative estimate of drug-likeness (QED) is 0.400. The summed E-state index contributed by atoms with van der Waals surface area (Å²) in [4.78, 5) is 0. The van der Waals surface area contributed by atoms with Crippen LogP contribution in [0.4, 0.5) is 0 Å². The topological polar surface area (TPSA) is 49.7 Å². The summed E-state index contributed by atoms with van der Waals surface area (Å²) in [6.07, 6.45) is 3.78. The molecule has 23 heavy (non-hydrogen) atoms. The van der Waals surface area contributed by atoms with Gasteiger partial charge in [-0.25, -0.2) is 0 Å². The standard InChI is InChI=1S/C19H38O3Si/c1-9-11-18(21)17(13-20)19(12-10-2)22-23(14(3)4,15(5)6)16(7)8/h9-10,14-21H,1-2,11-13H2,3-8H3/t17-,18+,19-/m0/s1. The predicted molar refractivity (Wildman–Crippen MR) is 102 cm³/mol. The van der Waals surface area contributed by atoms with E-state index in [1.807, 2.05) is 6.08 Å². The minimum absolute atomic E-state index is 0.0910. The van der Waals surface area contributed by atoms with Crippen LogP contribution in [0.25, 0.3) is 0 Å². The lowest BCUT2D eigenvalue weighted by molar-refractivity contribution is -0.00922. The monoisotopic (exact) mass is 342 g/mol. The second-order valence-electron chi connectivity index (χ2n) is 7.44. The number of hydrogen-bond donors (Lipinski definition) is 2. The first-order chi connectivity index (χ1) is 10.7. The summed E-state index contributed by atoms with van der Waals surface area (Å²) in [7, 11) is -2.07. The summed E-state index contributed by atoms with van der Waals surface area (Å²) in [5.74, 6) is -0.311. The van der Waals surface area contributed by atoms with Crippen molar-refractivity contribution < 1.29 is 14.6 Å². The molecule has 0 aliphatic heterocycles. The summed E-state index contributed by atoms with van der Waals surface area (Å²) >= 11 is 0. The van der Waals surface area contributed by atoms with Crippen molar-refractivity contribution in [2.75, 3.05) is 6.61 Å². The van der Waals surface area contributed by atoms with E-state index in [9.17, 15) is 10.2 Å². The molecule has 0 radical (unpaired) electrons. The number of rotatable bonds is 12. The van der Waals surface area contributed by atoms with E-state index in [0.717, 1.165) is 0 Å². The molecule has 136 valence electrons. The second kappa shape index (κ2) is 10.4. The fourth-order valence-electron chi connectivity index (χ4n) is 3.98. The molecule has 0 amide bonds. The van der Waals surface area contributed by atoms with Gasteiger partial charge in [0.05, 0.1) is 18.8 Å². The fourth-order valence-corrected chi connectivity index (χ4v) is 9.59. The van der Waals surface area contributed by atoms with Crippen LogP contribution in [-0.2, 0) is 4.43 Å². The van der Waals surface area contributed by atoms with Crippen LogP contribution < -0.4 is 0 Å². The summed E-state index contributed by atoms with van der Waals surface area (Å²) < 4.78 is 6.80. The number of hydrogen-bond acceptors (Lipinski definition) is 3. The van der Waals surface area contributed by atoms with Crippen molar-refractivity contribution in [1.29, 1.82) is 0 Å². The third-order valence-electron chi connectivity index (χ3n) is 5.05. The molecule has 0 saturated carbocycles. The minimum atomic E-state index is -2.07.